The molecule has 204 valence electrons. The maximum atomic E-state index is 15.5. The van der Waals surface area contributed by atoms with E-state index in [1.54, 1.807) is 40.3 Å². The fourth-order valence-electron chi connectivity index (χ4n) is 4.75. The number of anilines is 1. The molecule has 0 radical (unpaired) electrons. The first-order chi connectivity index (χ1) is 18.5. The van der Waals surface area contributed by atoms with E-state index in [0.717, 1.165) is 15.6 Å². The highest BCUT2D eigenvalue weighted by Crippen LogP contribution is 2.36. The number of aromatic nitrogens is 3. The van der Waals surface area contributed by atoms with Crippen LogP contribution >= 0.6 is 11.3 Å². The van der Waals surface area contributed by atoms with Crippen LogP contribution in [0.25, 0.3) is 21.5 Å². The number of rotatable bonds is 4. The first-order valence-corrected chi connectivity index (χ1v) is 13.6. The molecule has 0 bridgehead atoms. The standard InChI is InChI=1S/C28H30FN5O4S/c1-16-15-39-22-10-11-30-24(23(16)22)34(19-7-6-12-33(14-19)27(36)38-28(3,4)5)26(35)20-9-8-18(13-21(20)29)25-32-31-17(2)37-25/h8-11,13,15,19H,6-7,12,14H2,1-5H3/t19-/m1/s1. The third kappa shape index (κ3) is 5.49. The zero-order valence-electron chi connectivity index (χ0n) is 22.5. The number of pyridine rings is 1. The van der Waals surface area contributed by atoms with Crippen LogP contribution in [-0.2, 0) is 4.74 Å². The van der Waals surface area contributed by atoms with Crippen LogP contribution in [-0.4, -0.2) is 56.8 Å². The number of aryl methyl sites for hydroxylation is 2. The maximum absolute atomic E-state index is 15.5. The van der Waals surface area contributed by atoms with E-state index in [1.807, 2.05) is 39.1 Å². The molecule has 2 amide bonds. The Morgan fingerprint density at radius 3 is 2.69 bits per heavy atom. The summed E-state index contributed by atoms with van der Waals surface area (Å²) in [6, 6.07) is 5.69. The van der Waals surface area contributed by atoms with Crippen molar-refractivity contribution in [2.45, 2.75) is 59.1 Å². The normalized spacial score (nSPS) is 15.9. The molecule has 4 heterocycles. The molecule has 0 unspecified atom stereocenters. The van der Waals surface area contributed by atoms with Crippen LogP contribution in [0.15, 0.2) is 40.3 Å². The van der Waals surface area contributed by atoms with Gasteiger partial charge in [0.25, 0.3) is 5.91 Å². The number of thiophene rings is 1. The van der Waals surface area contributed by atoms with Gasteiger partial charge in [0, 0.05) is 41.9 Å². The van der Waals surface area contributed by atoms with Crippen LogP contribution < -0.4 is 4.90 Å². The summed E-state index contributed by atoms with van der Waals surface area (Å²) in [5.41, 5.74) is 0.579. The number of carbonyl (C=O) groups excluding carboxylic acids is 2. The summed E-state index contributed by atoms with van der Waals surface area (Å²) < 4.78 is 27.5. The van der Waals surface area contributed by atoms with E-state index in [-0.39, 0.29) is 18.0 Å². The number of benzene rings is 1. The Kier molecular flexibility index (Phi) is 7.11. The van der Waals surface area contributed by atoms with Gasteiger partial charge in [-0.1, -0.05) is 0 Å². The van der Waals surface area contributed by atoms with E-state index in [4.69, 9.17) is 9.15 Å². The Hall–Kier alpha value is -3.86. The summed E-state index contributed by atoms with van der Waals surface area (Å²) in [5, 5.41) is 10.6. The van der Waals surface area contributed by atoms with Gasteiger partial charge in [-0.05, 0) is 75.7 Å². The molecular weight excluding hydrogens is 521 g/mol. The molecule has 5 rings (SSSR count). The summed E-state index contributed by atoms with van der Waals surface area (Å²) >= 11 is 1.56. The van der Waals surface area contributed by atoms with Crippen LogP contribution in [0.2, 0.25) is 0 Å². The van der Waals surface area contributed by atoms with E-state index < -0.39 is 29.5 Å². The van der Waals surface area contributed by atoms with Crippen LogP contribution in [0.3, 0.4) is 0 Å². The van der Waals surface area contributed by atoms with E-state index in [9.17, 15) is 9.59 Å². The van der Waals surface area contributed by atoms with Crippen LogP contribution in [0.4, 0.5) is 15.0 Å². The number of ether oxygens (including phenoxy) is 1. The summed E-state index contributed by atoms with van der Waals surface area (Å²) in [6.45, 7) is 9.80. The smallest absolute Gasteiger partial charge is 0.410 e. The van der Waals surface area contributed by atoms with Crippen molar-refractivity contribution in [3.8, 4) is 11.5 Å². The average Bonchev–Trinajstić information content (AvgIpc) is 3.49. The highest BCUT2D eigenvalue weighted by molar-refractivity contribution is 7.17. The summed E-state index contributed by atoms with van der Waals surface area (Å²) in [6.07, 6.45) is 2.49. The molecule has 39 heavy (non-hydrogen) atoms. The van der Waals surface area contributed by atoms with E-state index in [0.29, 0.717) is 36.7 Å². The molecule has 1 aliphatic heterocycles. The van der Waals surface area contributed by atoms with E-state index >= 15 is 4.39 Å². The van der Waals surface area contributed by atoms with Gasteiger partial charge in [0.1, 0.15) is 17.2 Å². The lowest BCUT2D eigenvalue weighted by atomic mass is 10.0. The van der Waals surface area contributed by atoms with Gasteiger partial charge in [0.15, 0.2) is 0 Å². The highest BCUT2D eigenvalue weighted by atomic mass is 32.1. The van der Waals surface area contributed by atoms with Gasteiger partial charge in [-0.15, -0.1) is 21.5 Å². The third-order valence-corrected chi connectivity index (χ3v) is 7.55. The fourth-order valence-corrected chi connectivity index (χ4v) is 5.68. The van der Waals surface area contributed by atoms with Crippen molar-refractivity contribution in [3.63, 3.8) is 0 Å². The zero-order chi connectivity index (χ0) is 27.9. The minimum Gasteiger partial charge on any atom is -0.444 e. The average molecular weight is 552 g/mol. The highest BCUT2D eigenvalue weighted by Gasteiger charge is 2.36. The quantitative estimate of drug-likeness (QED) is 0.300. The van der Waals surface area contributed by atoms with Crippen LogP contribution in [0.1, 0.15) is 55.4 Å². The molecule has 1 aromatic carbocycles. The van der Waals surface area contributed by atoms with Gasteiger partial charge in [-0.3, -0.25) is 9.69 Å². The molecule has 1 aliphatic rings. The molecule has 1 saturated heterocycles. The lowest BCUT2D eigenvalue weighted by molar-refractivity contribution is 0.0196. The fraction of sp³-hybridized carbons (Fsp3) is 0.393. The molecule has 1 fully saturated rings. The number of nitrogens with zero attached hydrogens (tertiary/aromatic N) is 5. The van der Waals surface area contributed by atoms with Crippen molar-refractivity contribution >= 4 is 39.2 Å². The van der Waals surface area contributed by atoms with Gasteiger partial charge in [-0.25, -0.2) is 14.2 Å². The third-order valence-electron chi connectivity index (χ3n) is 6.48. The number of amides is 2. The topological polar surface area (TPSA) is 102 Å². The molecule has 4 aromatic rings. The van der Waals surface area contributed by atoms with Gasteiger partial charge >= 0.3 is 6.09 Å². The zero-order valence-corrected chi connectivity index (χ0v) is 23.3. The second-order valence-electron chi connectivity index (χ2n) is 10.6. The number of piperidine rings is 1. The molecule has 0 saturated carbocycles. The van der Waals surface area contributed by atoms with Crippen molar-refractivity contribution in [2.24, 2.45) is 0 Å². The Balaban J connectivity index is 1.55. The number of hydrogen-bond donors (Lipinski definition) is 0. The number of likely N-dealkylation sites (tertiary alicyclic amines) is 1. The first kappa shape index (κ1) is 26.7. The molecule has 0 spiro atoms. The lowest BCUT2D eigenvalue weighted by Crippen LogP contribution is -2.53. The van der Waals surface area contributed by atoms with Crippen molar-refractivity contribution in [1.82, 2.24) is 20.1 Å². The van der Waals surface area contributed by atoms with Crippen molar-refractivity contribution in [3.05, 3.63) is 58.7 Å². The Morgan fingerprint density at radius 2 is 2.00 bits per heavy atom. The lowest BCUT2D eigenvalue weighted by Gasteiger charge is -2.39. The molecule has 3 aromatic heterocycles. The number of carbonyl (C=O) groups is 2. The minimum absolute atomic E-state index is 0.115. The van der Waals surface area contributed by atoms with E-state index in [2.05, 4.69) is 15.2 Å². The molecule has 1 atom stereocenters. The number of hydrogen-bond acceptors (Lipinski definition) is 8. The Morgan fingerprint density at radius 1 is 1.21 bits per heavy atom. The van der Waals surface area contributed by atoms with E-state index in [1.165, 1.54) is 12.1 Å². The van der Waals surface area contributed by atoms with Crippen LogP contribution in [0, 0.1) is 19.7 Å². The van der Waals surface area contributed by atoms with Crippen LogP contribution in [0.5, 0.6) is 0 Å². The molecular formula is C28H30FN5O4S. The van der Waals surface area contributed by atoms with Gasteiger partial charge < -0.3 is 14.1 Å². The molecule has 0 aliphatic carbocycles. The van der Waals surface area contributed by atoms with Crippen molar-refractivity contribution in [2.75, 3.05) is 18.0 Å². The Bertz CT molecular complexity index is 1540. The largest absolute Gasteiger partial charge is 0.444 e. The predicted molar refractivity (Wildman–Crippen MR) is 146 cm³/mol. The van der Waals surface area contributed by atoms with Gasteiger partial charge in [-0.2, -0.15) is 0 Å². The van der Waals surface area contributed by atoms with Gasteiger partial charge in [0.05, 0.1) is 11.6 Å². The number of halogens is 1. The molecule has 11 heteroatoms. The second kappa shape index (κ2) is 10.4. The monoisotopic (exact) mass is 551 g/mol. The van der Waals surface area contributed by atoms with Crippen molar-refractivity contribution < 1.29 is 23.1 Å². The summed E-state index contributed by atoms with van der Waals surface area (Å²) in [5.74, 6) is -0.283. The first-order valence-electron chi connectivity index (χ1n) is 12.8. The van der Waals surface area contributed by atoms with Gasteiger partial charge in [0.2, 0.25) is 11.8 Å². The molecule has 0 N–H and O–H groups in total. The second-order valence-corrected chi connectivity index (χ2v) is 11.6. The Labute approximate surface area is 229 Å². The SMILES string of the molecule is Cc1nnc(-c2ccc(C(=O)N(c3nccc4scc(C)c34)[C@@H]3CCCN(C(=O)OC(C)(C)C)C3)c(F)c2)o1. The molecule has 9 nitrogen and oxygen atoms in total. The van der Waals surface area contributed by atoms with Crippen molar-refractivity contribution in [1.29, 1.82) is 0 Å². The predicted octanol–water partition coefficient (Wildman–Crippen LogP) is 6.15. The summed E-state index contributed by atoms with van der Waals surface area (Å²) in [7, 11) is 0. The summed E-state index contributed by atoms with van der Waals surface area (Å²) in [4.78, 5) is 34.8. The number of fused-ring (bicyclic) bond motifs is 1. The maximum Gasteiger partial charge on any atom is 0.410 e. The minimum atomic E-state index is -0.715.